The van der Waals surface area contributed by atoms with E-state index in [4.69, 9.17) is 0 Å². The summed E-state index contributed by atoms with van der Waals surface area (Å²) in [6, 6.07) is 4.56. The second kappa shape index (κ2) is 4.86. The molecule has 4 heterocycles. The van der Waals surface area contributed by atoms with Gasteiger partial charge in [0.1, 0.15) is 17.0 Å². The third kappa shape index (κ3) is 1.96. The van der Waals surface area contributed by atoms with Crippen molar-refractivity contribution >= 4 is 27.4 Å². The Bertz CT molecular complexity index is 705. The van der Waals surface area contributed by atoms with Crippen LogP contribution in [0.3, 0.4) is 0 Å². The monoisotopic (exact) mass is 285 g/mol. The first-order valence-electron chi connectivity index (χ1n) is 6.84. The molecule has 5 nitrogen and oxygen atoms in total. The van der Waals surface area contributed by atoms with Gasteiger partial charge in [0, 0.05) is 18.9 Å². The van der Waals surface area contributed by atoms with Crippen LogP contribution in [-0.4, -0.2) is 32.3 Å². The lowest BCUT2D eigenvalue weighted by molar-refractivity contribution is 0.508. The molecule has 0 aliphatic carbocycles. The van der Waals surface area contributed by atoms with Crippen molar-refractivity contribution < 1.29 is 0 Å². The molecule has 0 saturated carbocycles. The first kappa shape index (κ1) is 11.8. The molecule has 3 aromatic rings. The Kier molecular flexibility index (Phi) is 2.88. The number of anilines is 1. The van der Waals surface area contributed by atoms with E-state index in [0.29, 0.717) is 6.04 Å². The minimum absolute atomic E-state index is 0.466. The van der Waals surface area contributed by atoms with Gasteiger partial charge < -0.3 is 4.90 Å². The molecule has 0 radical (unpaired) electrons. The molecular weight excluding hydrogens is 270 g/mol. The summed E-state index contributed by atoms with van der Waals surface area (Å²) in [5.41, 5.74) is 0. The predicted octanol–water partition coefficient (Wildman–Crippen LogP) is 2.56. The van der Waals surface area contributed by atoms with Crippen LogP contribution in [-0.2, 0) is 6.54 Å². The number of hydrogen-bond acceptors (Lipinski definition) is 5. The fourth-order valence-electron chi connectivity index (χ4n) is 2.93. The molecule has 1 unspecified atom stereocenters. The van der Waals surface area contributed by atoms with E-state index in [1.165, 1.54) is 18.2 Å². The van der Waals surface area contributed by atoms with Gasteiger partial charge in [0.15, 0.2) is 0 Å². The van der Waals surface area contributed by atoms with Crippen LogP contribution < -0.4 is 4.90 Å². The molecule has 1 fully saturated rings. The van der Waals surface area contributed by atoms with Gasteiger partial charge in [-0.3, -0.25) is 4.68 Å². The van der Waals surface area contributed by atoms with Crippen molar-refractivity contribution in [2.24, 2.45) is 0 Å². The summed E-state index contributed by atoms with van der Waals surface area (Å²) in [4.78, 5) is 12.4. The smallest absolute Gasteiger partial charge is 0.141 e. The SMILES string of the molecule is c1cnn(CC2CCCN2c2ncnc3sccc23)c1. The first-order valence-corrected chi connectivity index (χ1v) is 7.72. The van der Waals surface area contributed by atoms with Crippen LogP contribution in [0, 0.1) is 0 Å². The highest BCUT2D eigenvalue weighted by Gasteiger charge is 2.27. The van der Waals surface area contributed by atoms with E-state index in [1.807, 2.05) is 23.1 Å². The number of hydrogen-bond donors (Lipinski definition) is 0. The van der Waals surface area contributed by atoms with Crippen LogP contribution in [0.4, 0.5) is 5.82 Å². The average Bonchev–Trinajstić information content (AvgIpc) is 3.19. The van der Waals surface area contributed by atoms with Gasteiger partial charge in [0.05, 0.1) is 18.0 Å². The van der Waals surface area contributed by atoms with Crippen molar-refractivity contribution in [3.05, 3.63) is 36.2 Å². The van der Waals surface area contributed by atoms with E-state index in [2.05, 4.69) is 31.4 Å². The Morgan fingerprint density at radius 2 is 2.35 bits per heavy atom. The molecule has 0 bridgehead atoms. The van der Waals surface area contributed by atoms with Crippen LogP contribution in [0.1, 0.15) is 12.8 Å². The van der Waals surface area contributed by atoms with Gasteiger partial charge in [-0.05, 0) is 30.4 Å². The molecule has 0 spiro atoms. The fourth-order valence-corrected chi connectivity index (χ4v) is 3.66. The molecular formula is C14H15N5S. The molecule has 1 saturated heterocycles. The van der Waals surface area contributed by atoms with Gasteiger partial charge in [0.25, 0.3) is 0 Å². The lowest BCUT2D eigenvalue weighted by atomic mass is 10.2. The molecule has 1 aliphatic heterocycles. The lowest BCUT2D eigenvalue weighted by Gasteiger charge is -2.26. The quantitative estimate of drug-likeness (QED) is 0.742. The number of rotatable bonds is 3. The highest BCUT2D eigenvalue weighted by molar-refractivity contribution is 7.16. The predicted molar refractivity (Wildman–Crippen MR) is 80.0 cm³/mol. The van der Waals surface area contributed by atoms with Gasteiger partial charge in [-0.1, -0.05) is 0 Å². The van der Waals surface area contributed by atoms with E-state index < -0.39 is 0 Å². The average molecular weight is 285 g/mol. The summed E-state index contributed by atoms with van der Waals surface area (Å²) in [7, 11) is 0. The molecule has 0 aromatic carbocycles. The maximum Gasteiger partial charge on any atom is 0.141 e. The molecule has 4 rings (SSSR count). The van der Waals surface area contributed by atoms with Gasteiger partial charge in [-0.15, -0.1) is 11.3 Å². The number of fused-ring (bicyclic) bond motifs is 1. The van der Waals surface area contributed by atoms with Crippen molar-refractivity contribution in [2.45, 2.75) is 25.4 Å². The number of nitrogens with zero attached hydrogens (tertiary/aromatic N) is 5. The van der Waals surface area contributed by atoms with Crippen molar-refractivity contribution in [1.82, 2.24) is 19.7 Å². The zero-order valence-electron chi connectivity index (χ0n) is 11.0. The van der Waals surface area contributed by atoms with Gasteiger partial charge in [0.2, 0.25) is 0 Å². The molecule has 1 aliphatic rings. The molecule has 20 heavy (non-hydrogen) atoms. The van der Waals surface area contributed by atoms with Gasteiger partial charge in [-0.25, -0.2) is 9.97 Å². The zero-order valence-corrected chi connectivity index (χ0v) is 11.8. The lowest BCUT2D eigenvalue weighted by Crippen LogP contribution is -2.33. The standard InChI is InChI=1S/C14H15N5S/c1-3-11(9-18-6-2-5-17-18)19(7-1)13-12-4-8-20-14(12)16-10-15-13/h2,4-6,8,10-11H,1,3,7,9H2. The number of thiophene rings is 1. The fraction of sp³-hybridized carbons (Fsp3) is 0.357. The highest BCUT2D eigenvalue weighted by atomic mass is 32.1. The summed E-state index contributed by atoms with van der Waals surface area (Å²) in [6.07, 6.45) is 7.94. The normalized spacial score (nSPS) is 19.0. The van der Waals surface area contributed by atoms with Crippen LogP contribution in [0.15, 0.2) is 36.2 Å². The third-order valence-corrected chi connectivity index (χ3v) is 4.67. The summed E-state index contributed by atoms with van der Waals surface area (Å²) >= 11 is 1.67. The van der Waals surface area contributed by atoms with Crippen molar-refractivity contribution in [1.29, 1.82) is 0 Å². The van der Waals surface area contributed by atoms with Crippen LogP contribution >= 0.6 is 11.3 Å². The maximum atomic E-state index is 4.53. The van der Waals surface area contributed by atoms with Gasteiger partial charge in [-0.2, -0.15) is 5.10 Å². The van der Waals surface area contributed by atoms with E-state index in [1.54, 1.807) is 17.7 Å². The van der Waals surface area contributed by atoms with Crippen molar-refractivity contribution in [3.8, 4) is 0 Å². The Hall–Kier alpha value is -1.95. The van der Waals surface area contributed by atoms with Crippen molar-refractivity contribution in [2.75, 3.05) is 11.4 Å². The zero-order chi connectivity index (χ0) is 13.4. The second-order valence-corrected chi connectivity index (χ2v) is 5.95. The highest BCUT2D eigenvalue weighted by Crippen LogP contribution is 2.31. The molecule has 102 valence electrons. The Morgan fingerprint density at radius 3 is 3.25 bits per heavy atom. The molecule has 1 atom stereocenters. The molecule has 3 aromatic heterocycles. The maximum absolute atomic E-state index is 4.53. The molecule has 6 heteroatoms. The first-order chi connectivity index (χ1) is 9.92. The van der Waals surface area contributed by atoms with E-state index >= 15 is 0 Å². The Labute approximate surface area is 120 Å². The van der Waals surface area contributed by atoms with Gasteiger partial charge >= 0.3 is 0 Å². The van der Waals surface area contributed by atoms with Crippen LogP contribution in [0.5, 0.6) is 0 Å². The Balaban J connectivity index is 1.68. The summed E-state index contributed by atoms with van der Waals surface area (Å²) in [6.45, 7) is 1.98. The van der Waals surface area contributed by atoms with Crippen LogP contribution in [0.25, 0.3) is 10.2 Å². The topological polar surface area (TPSA) is 46.8 Å². The van der Waals surface area contributed by atoms with E-state index in [0.717, 1.165) is 23.7 Å². The van der Waals surface area contributed by atoms with E-state index in [-0.39, 0.29) is 0 Å². The largest absolute Gasteiger partial charge is 0.351 e. The minimum atomic E-state index is 0.466. The second-order valence-electron chi connectivity index (χ2n) is 5.05. The van der Waals surface area contributed by atoms with E-state index in [9.17, 15) is 0 Å². The molecule has 0 N–H and O–H groups in total. The summed E-state index contributed by atoms with van der Waals surface area (Å²) in [5.74, 6) is 1.07. The minimum Gasteiger partial charge on any atom is -0.351 e. The number of aromatic nitrogens is 4. The van der Waals surface area contributed by atoms with Crippen molar-refractivity contribution in [3.63, 3.8) is 0 Å². The summed E-state index contributed by atoms with van der Waals surface area (Å²) in [5, 5.41) is 7.58. The molecule has 0 amide bonds. The van der Waals surface area contributed by atoms with Crippen LogP contribution in [0.2, 0.25) is 0 Å². The summed E-state index contributed by atoms with van der Waals surface area (Å²) < 4.78 is 2.01. The Morgan fingerprint density at radius 1 is 1.35 bits per heavy atom. The third-order valence-electron chi connectivity index (χ3n) is 3.85.